The highest BCUT2D eigenvalue weighted by Gasteiger charge is 2.47. The topological polar surface area (TPSA) is 216 Å². The Morgan fingerprint density at radius 2 is 1.06 bits per heavy atom. The van der Waals surface area contributed by atoms with Crippen LogP contribution in [0.4, 0.5) is 0 Å². The second kappa shape index (κ2) is 19.0. The van der Waals surface area contributed by atoms with Gasteiger partial charge in [0.25, 0.3) is 0 Å². The first-order chi connectivity index (χ1) is 22.0. The van der Waals surface area contributed by atoms with Gasteiger partial charge in [0.15, 0.2) is 18.4 Å². The number of ether oxygens (including phenoxy) is 4. The lowest BCUT2D eigenvalue weighted by molar-refractivity contribution is -0.311. The van der Waals surface area contributed by atoms with E-state index in [0.29, 0.717) is 17.6 Å². The molecule has 0 amide bonds. The number of allylic oxidation sites excluding steroid dienone is 2. The van der Waals surface area contributed by atoms with Gasteiger partial charge < -0.3 is 59.8 Å². The van der Waals surface area contributed by atoms with Crippen LogP contribution in [0, 0.1) is 17.8 Å². The highest BCUT2D eigenvalue weighted by atomic mass is 16.7. The molecule has 0 bridgehead atoms. The number of aliphatic hydroxyl groups excluding tert-OH is 8. The van der Waals surface area contributed by atoms with E-state index in [1.807, 2.05) is 46.8 Å². The smallest absolute Gasteiger partial charge is 0.187 e. The largest absolute Gasteiger partial charge is 0.394 e. The van der Waals surface area contributed by atoms with Crippen LogP contribution in [0.5, 0.6) is 0 Å². The zero-order valence-electron chi connectivity index (χ0n) is 28.8. The van der Waals surface area contributed by atoms with Crippen LogP contribution >= 0.6 is 0 Å². The van der Waals surface area contributed by atoms with Gasteiger partial charge >= 0.3 is 0 Å². The first-order valence-corrected chi connectivity index (χ1v) is 16.5. The predicted octanol–water partition coefficient (Wildman–Crippen LogP) is 0.493. The first-order valence-electron chi connectivity index (χ1n) is 16.5. The number of hydrogen-bond acceptors (Lipinski definition) is 13. The van der Waals surface area contributed by atoms with E-state index in [1.54, 1.807) is 26.8 Å². The number of hydrogen-bond donors (Lipinski definition) is 8. The van der Waals surface area contributed by atoms with Gasteiger partial charge in [-0.05, 0) is 43.4 Å². The summed E-state index contributed by atoms with van der Waals surface area (Å²) in [5.41, 5.74) is 1.95. The van der Waals surface area contributed by atoms with Gasteiger partial charge in [0, 0.05) is 18.3 Å². The second-order valence-corrected chi connectivity index (χ2v) is 13.1. The Morgan fingerprint density at radius 3 is 1.45 bits per heavy atom. The first kappa shape index (κ1) is 41.6. The van der Waals surface area contributed by atoms with Crippen LogP contribution in [0.15, 0.2) is 34.9 Å². The molecule has 0 aromatic rings. The van der Waals surface area contributed by atoms with Crippen LogP contribution in [-0.2, 0) is 23.7 Å². The average molecular weight is 675 g/mol. The van der Waals surface area contributed by atoms with Gasteiger partial charge in [-0.15, -0.1) is 0 Å². The molecule has 13 nitrogen and oxygen atoms in total. The number of aliphatic hydroxyl groups is 8. The van der Waals surface area contributed by atoms with E-state index in [-0.39, 0.29) is 11.7 Å². The minimum atomic E-state index is -1.64. The number of ketones is 1. The molecule has 0 aromatic carbocycles. The molecule has 2 fully saturated rings. The Balaban J connectivity index is 2.53. The quantitative estimate of drug-likeness (QED) is 0.0828. The maximum atomic E-state index is 12.4. The van der Waals surface area contributed by atoms with Gasteiger partial charge in [-0.2, -0.15) is 0 Å². The number of Topliss-reactive ketones (excluding diaryl/α,β-unsaturated/α-hetero) is 1. The monoisotopic (exact) mass is 674 g/mol. The standard InChI is InChI=1S/C34H58O13/c1-9-16(3)11-18(5)31(46-33-29(42)27(40)25(38)23(14-35)44-33)20(7)13-21(8)32(19(6)12-17(4)22(37)10-2)47-34-30(43)28(41)26(39)24(15-36)45-34/h11-13,16,19-20,23-36,38-43H,9-10,14-15H2,1-8H3/b17-12+,18-11+,21-13+/t16?,19?,20?,23-,24-,25-,26-,27+,28+,29+,30+,31?,32?,33+,34+/m1/s1. The molecular weight excluding hydrogens is 616 g/mol. The van der Waals surface area contributed by atoms with Crippen LogP contribution in [0.2, 0.25) is 0 Å². The summed E-state index contributed by atoms with van der Waals surface area (Å²) in [6, 6.07) is 0. The molecule has 13 heteroatoms. The van der Waals surface area contributed by atoms with E-state index in [0.717, 1.165) is 12.0 Å². The van der Waals surface area contributed by atoms with E-state index in [9.17, 15) is 45.6 Å². The summed E-state index contributed by atoms with van der Waals surface area (Å²) in [6.45, 7) is 13.6. The lowest BCUT2D eigenvalue weighted by Gasteiger charge is -2.42. The molecule has 0 aliphatic carbocycles. The normalized spacial score (nSPS) is 36.0. The van der Waals surface area contributed by atoms with Gasteiger partial charge in [0.05, 0.1) is 25.4 Å². The Kier molecular flexibility index (Phi) is 16.8. The van der Waals surface area contributed by atoms with E-state index in [2.05, 4.69) is 0 Å². The van der Waals surface area contributed by atoms with E-state index in [1.165, 1.54) is 0 Å². The van der Waals surface area contributed by atoms with Gasteiger partial charge in [-0.3, -0.25) is 4.79 Å². The minimum absolute atomic E-state index is 0.0581. The highest BCUT2D eigenvalue weighted by molar-refractivity contribution is 5.94. The maximum absolute atomic E-state index is 12.4. The Labute approximate surface area is 278 Å². The molecule has 2 saturated heterocycles. The molecule has 8 N–H and O–H groups in total. The van der Waals surface area contributed by atoms with Crippen LogP contribution in [0.25, 0.3) is 0 Å². The van der Waals surface area contributed by atoms with Crippen molar-refractivity contribution in [3.05, 3.63) is 34.9 Å². The summed E-state index contributed by atoms with van der Waals surface area (Å²) >= 11 is 0. The molecule has 0 spiro atoms. The molecule has 0 aromatic heterocycles. The number of carbonyl (C=O) groups excluding carboxylic acids is 1. The fourth-order valence-corrected chi connectivity index (χ4v) is 6.05. The summed E-state index contributed by atoms with van der Waals surface area (Å²) in [7, 11) is 0. The van der Waals surface area contributed by atoms with Crippen molar-refractivity contribution in [3.63, 3.8) is 0 Å². The molecule has 2 heterocycles. The molecule has 2 aliphatic rings. The lowest BCUT2D eigenvalue weighted by atomic mass is 9.89. The molecular formula is C34H58O13. The molecule has 2 rings (SSSR count). The van der Waals surface area contributed by atoms with Crippen molar-refractivity contribution in [2.24, 2.45) is 17.8 Å². The third-order valence-corrected chi connectivity index (χ3v) is 9.10. The molecule has 2 aliphatic heterocycles. The summed E-state index contributed by atoms with van der Waals surface area (Å²) in [6.07, 6.45) is -9.50. The summed E-state index contributed by atoms with van der Waals surface area (Å²) in [4.78, 5) is 12.4. The Bertz CT molecular complexity index is 1070. The predicted molar refractivity (Wildman–Crippen MR) is 172 cm³/mol. The minimum Gasteiger partial charge on any atom is -0.394 e. The van der Waals surface area contributed by atoms with Gasteiger partial charge in [-0.25, -0.2) is 0 Å². The summed E-state index contributed by atoms with van der Waals surface area (Å²) in [5, 5.41) is 82.1. The van der Waals surface area contributed by atoms with Gasteiger partial charge in [-0.1, -0.05) is 59.3 Å². The molecule has 5 unspecified atom stereocenters. The molecule has 47 heavy (non-hydrogen) atoms. The zero-order valence-corrected chi connectivity index (χ0v) is 28.8. The third kappa shape index (κ3) is 10.7. The molecule has 15 atom stereocenters. The van der Waals surface area contributed by atoms with Crippen LogP contribution in [0.1, 0.15) is 68.2 Å². The Morgan fingerprint density at radius 1 is 0.660 bits per heavy atom. The molecule has 0 saturated carbocycles. The van der Waals surface area contributed by atoms with Crippen molar-refractivity contribution in [1.29, 1.82) is 0 Å². The van der Waals surface area contributed by atoms with E-state index >= 15 is 0 Å². The Hall–Kier alpha value is -1.59. The SMILES string of the molecule is CCC(=O)/C(C)=C/C(C)C(O[C@@H]1O[C@H](CO)[C@@H](O)[C@H](O)[C@@H]1O)/C(C)=C/C(C)C(O[C@@H]1O[C@H](CO)[C@@H](O)[C@H](O)[C@@H]1O)/C(C)=C/C(C)CC. The van der Waals surface area contributed by atoms with Crippen LogP contribution < -0.4 is 0 Å². The van der Waals surface area contributed by atoms with Gasteiger partial charge in [0.1, 0.15) is 48.8 Å². The van der Waals surface area contributed by atoms with E-state index < -0.39 is 98.7 Å². The van der Waals surface area contributed by atoms with Crippen LogP contribution in [-0.4, -0.2) is 133 Å². The number of rotatable bonds is 16. The third-order valence-electron chi connectivity index (χ3n) is 9.10. The second-order valence-electron chi connectivity index (χ2n) is 13.1. The van der Waals surface area contributed by atoms with Crippen molar-refractivity contribution in [2.75, 3.05) is 13.2 Å². The van der Waals surface area contributed by atoms with E-state index in [4.69, 9.17) is 18.9 Å². The van der Waals surface area contributed by atoms with Crippen molar-refractivity contribution >= 4 is 5.78 Å². The van der Waals surface area contributed by atoms with Crippen LogP contribution in [0.3, 0.4) is 0 Å². The lowest BCUT2D eigenvalue weighted by Crippen LogP contribution is -2.60. The fraction of sp³-hybridized carbons (Fsp3) is 0.794. The zero-order chi connectivity index (χ0) is 35.7. The molecule has 272 valence electrons. The summed E-state index contributed by atoms with van der Waals surface area (Å²) in [5.74, 6) is -0.766. The fourth-order valence-electron chi connectivity index (χ4n) is 6.05. The highest BCUT2D eigenvalue weighted by Crippen LogP contribution is 2.32. The molecule has 0 radical (unpaired) electrons. The van der Waals surface area contributed by atoms with Crippen molar-refractivity contribution in [2.45, 2.75) is 142 Å². The van der Waals surface area contributed by atoms with Crippen molar-refractivity contribution in [3.8, 4) is 0 Å². The van der Waals surface area contributed by atoms with Gasteiger partial charge in [0.2, 0.25) is 0 Å². The number of carbonyl (C=O) groups is 1. The van der Waals surface area contributed by atoms with Crippen molar-refractivity contribution in [1.82, 2.24) is 0 Å². The summed E-state index contributed by atoms with van der Waals surface area (Å²) < 4.78 is 23.8. The maximum Gasteiger partial charge on any atom is 0.187 e. The van der Waals surface area contributed by atoms with Crippen molar-refractivity contribution < 1.29 is 64.6 Å². The average Bonchev–Trinajstić information content (AvgIpc) is 3.04.